The Morgan fingerprint density at radius 2 is 2.06 bits per heavy atom. The van der Waals surface area contributed by atoms with Gasteiger partial charge < -0.3 is 15.0 Å². The normalized spacial score (nSPS) is 24.6. The molecule has 0 saturated carbocycles. The smallest absolute Gasteiger partial charge is 0.251 e. The fourth-order valence-corrected chi connectivity index (χ4v) is 2.79. The van der Waals surface area contributed by atoms with Gasteiger partial charge in [-0.2, -0.15) is 0 Å². The molecule has 2 heterocycles. The van der Waals surface area contributed by atoms with Crippen molar-refractivity contribution in [2.75, 3.05) is 26.2 Å². The van der Waals surface area contributed by atoms with Gasteiger partial charge in [-0.05, 0) is 45.2 Å². The minimum Gasteiger partial charge on any atom is -0.368 e. The number of hydrogen-bond acceptors (Lipinski definition) is 3. The predicted octanol–water partition coefficient (Wildman–Crippen LogP) is 1.58. The zero-order valence-corrected chi connectivity index (χ0v) is 12.0. The summed E-state index contributed by atoms with van der Waals surface area (Å²) in [4.78, 5) is 14.5. The van der Waals surface area contributed by atoms with E-state index >= 15 is 0 Å². The number of rotatable bonds is 4. The molecule has 18 heavy (non-hydrogen) atoms. The number of amides is 1. The van der Waals surface area contributed by atoms with Crippen molar-refractivity contribution in [2.24, 2.45) is 0 Å². The maximum Gasteiger partial charge on any atom is 0.251 e. The molecule has 0 aromatic carbocycles. The highest BCUT2D eigenvalue weighted by Crippen LogP contribution is 2.19. The highest BCUT2D eigenvalue weighted by molar-refractivity contribution is 5.85. The average molecular weight is 277 g/mol. The Hall–Kier alpha value is -0.320. The molecule has 106 valence electrons. The van der Waals surface area contributed by atoms with Gasteiger partial charge in [0.2, 0.25) is 0 Å². The van der Waals surface area contributed by atoms with Crippen molar-refractivity contribution in [2.45, 2.75) is 51.2 Å². The zero-order valence-electron chi connectivity index (χ0n) is 11.2. The molecular formula is C13H25ClN2O2. The van der Waals surface area contributed by atoms with E-state index in [9.17, 15) is 4.79 Å². The molecule has 2 fully saturated rings. The van der Waals surface area contributed by atoms with Gasteiger partial charge in [-0.15, -0.1) is 12.4 Å². The van der Waals surface area contributed by atoms with Crippen molar-refractivity contribution in [3.63, 3.8) is 0 Å². The number of hydrogen-bond donors (Lipinski definition) is 1. The Labute approximate surface area is 116 Å². The van der Waals surface area contributed by atoms with Crippen molar-refractivity contribution >= 4 is 18.3 Å². The molecule has 0 bridgehead atoms. The molecule has 5 heteroatoms. The fraction of sp³-hybridized carbons (Fsp3) is 0.923. The summed E-state index contributed by atoms with van der Waals surface area (Å²) in [6.45, 7) is 5.83. The monoisotopic (exact) mass is 276 g/mol. The molecule has 0 aromatic rings. The van der Waals surface area contributed by atoms with Crippen LogP contribution in [0.4, 0.5) is 0 Å². The van der Waals surface area contributed by atoms with E-state index in [-0.39, 0.29) is 24.4 Å². The van der Waals surface area contributed by atoms with E-state index < -0.39 is 0 Å². The van der Waals surface area contributed by atoms with Crippen LogP contribution in [0.25, 0.3) is 0 Å². The highest BCUT2D eigenvalue weighted by Gasteiger charge is 2.32. The van der Waals surface area contributed by atoms with Crippen molar-refractivity contribution in [3.05, 3.63) is 0 Å². The van der Waals surface area contributed by atoms with Gasteiger partial charge in [-0.25, -0.2) is 0 Å². The van der Waals surface area contributed by atoms with Gasteiger partial charge in [-0.1, -0.05) is 6.92 Å². The Balaban J connectivity index is 0.00000162. The van der Waals surface area contributed by atoms with Crippen LogP contribution in [0.3, 0.4) is 0 Å². The zero-order chi connectivity index (χ0) is 12.1. The summed E-state index contributed by atoms with van der Waals surface area (Å²) in [5.74, 6) is 0.233. The number of carbonyl (C=O) groups excluding carboxylic acids is 1. The molecule has 2 rings (SSSR count). The number of carbonyl (C=O) groups is 1. The molecule has 2 aliphatic heterocycles. The molecule has 0 aromatic heterocycles. The Kier molecular flexibility index (Phi) is 6.97. The van der Waals surface area contributed by atoms with Crippen molar-refractivity contribution in [1.29, 1.82) is 0 Å². The van der Waals surface area contributed by atoms with Gasteiger partial charge in [0.05, 0.1) is 0 Å². The molecule has 0 unspecified atom stereocenters. The van der Waals surface area contributed by atoms with Gasteiger partial charge in [0.15, 0.2) is 0 Å². The predicted molar refractivity (Wildman–Crippen MR) is 74.1 cm³/mol. The van der Waals surface area contributed by atoms with Crippen molar-refractivity contribution in [1.82, 2.24) is 10.2 Å². The van der Waals surface area contributed by atoms with Crippen molar-refractivity contribution in [3.8, 4) is 0 Å². The van der Waals surface area contributed by atoms with Crippen molar-refractivity contribution < 1.29 is 9.53 Å². The second-order valence-electron chi connectivity index (χ2n) is 5.01. The summed E-state index contributed by atoms with van der Waals surface area (Å²) >= 11 is 0. The molecule has 4 nitrogen and oxygen atoms in total. The first-order valence-corrected chi connectivity index (χ1v) is 6.95. The third-order valence-electron chi connectivity index (χ3n) is 3.70. The summed E-state index contributed by atoms with van der Waals surface area (Å²) < 4.78 is 5.53. The number of piperidine rings is 1. The second-order valence-corrected chi connectivity index (χ2v) is 5.01. The van der Waals surface area contributed by atoms with Crippen LogP contribution in [0.15, 0.2) is 0 Å². The Bertz CT molecular complexity index is 251. The summed E-state index contributed by atoms with van der Waals surface area (Å²) in [5.41, 5.74) is 0. The van der Waals surface area contributed by atoms with Crippen LogP contribution in [0.2, 0.25) is 0 Å². The van der Waals surface area contributed by atoms with Gasteiger partial charge in [0.1, 0.15) is 6.10 Å². The quantitative estimate of drug-likeness (QED) is 0.848. The molecule has 0 radical (unpaired) electrons. The molecule has 1 amide bonds. The maximum absolute atomic E-state index is 12.4. The van der Waals surface area contributed by atoms with E-state index in [1.165, 1.54) is 0 Å². The molecule has 0 aliphatic carbocycles. The van der Waals surface area contributed by atoms with Gasteiger partial charge >= 0.3 is 0 Å². The Morgan fingerprint density at radius 3 is 2.61 bits per heavy atom. The van der Waals surface area contributed by atoms with Crippen LogP contribution < -0.4 is 5.32 Å². The number of nitrogens with one attached hydrogen (secondary N) is 1. The van der Waals surface area contributed by atoms with E-state index in [4.69, 9.17) is 4.74 Å². The van der Waals surface area contributed by atoms with Crippen LogP contribution in [0, 0.1) is 0 Å². The largest absolute Gasteiger partial charge is 0.368 e. The number of nitrogens with zero attached hydrogens (tertiary/aromatic N) is 1. The van der Waals surface area contributed by atoms with Gasteiger partial charge in [-0.3, -0.25) is 4.79 Å². The van der Waals surface area contributed by atoms with Crippen LogP contribution >= 0.6 is 12.4 Å². The van der Waals surface area contributed by atoms with E-state index in [1.807, 2.05) is 0 Å². The highest BCUT2D eigenvalue weighted by atomic mass is 35.5. The first kappa shape index (κ1) is 15.7. The van der Waals surface area contributed by atoms with E-state index in [0.717, 1.165) is 58.3 Å². The summed E-state index contributed by atoms with van der Waals surface area (Å²) in [7, 11) is 0. The van der Waals surface area contributed by atoms with E-state index in [2.05, 4.69) is 17.1 Å². The SMILES string of the molecule is CCCN(C(=O)[C@H]1CCCO1)C1CCNCC1.Cl. The van der Waals surface area contributed by atoms with Crippen LogP contribution in [-0.2, 0) is 9.53 Å². The lowest BCUT2D eigenvalue weighted by Crippen LogP contribution is -2.49. The lowest BCUT2D eigenvalue weighted by atomic mass is 10.0. The van der Waals surface area contributed by atoms with Crippen LogP contribution in [-0.4, -0.2) is 49.2 Å². The summed E-state index contributed by atoms with van der Waals surface area (Å²) in [6.07, 6.45) is 4.97. The topological polar surface area (TPSA) is 41.6 Å². The molecule has 1 atom stereocenters. The minimum absolute atomic E-state index is 0. The lowest BCUT2D eigenvalue weighted by Gasteiger charge is -2.35. The van der Waals surface area contributed by atoms with Gasteiger partial charge in [0.25, 0.3) is 5.91 Å². The standard InChI is InChI=1S/C13H24N2O2.ClH/c1-2-9-15(11-5-7-14-8-6-11)13(16)12-4-3-10-17-12;/h11-12,14H,2-10H2,1H3;1H/t12-;/m1./s1. The Morgan fingerprint density at radius 1 is 1.33 bits per heavy atom. The summed E-state index contributed by atoms with van der Waals surface area (Å²) in [6, 6.07) is 0.424. The third-order valence-corrected chi connectivity index (χ3v) is 3.70. The summed E-state index contributed by atoms with van der Waals surface area (Å²) in [5, 5.41) is 3.35. The van der Waals surface area contributed by atoms with Gasteiger partial charge in [0, 0.05) is 19.2 Å². The molecule has 2 saturated heterocycles. The first-order valence-electron chi connectivity index (χ1n) is 6.95. The van der Waals surface area contributed by atoms with Crippen LogP contribution in [0.5, 0.6) is 0 Å². The molecular weight excluding hydrogens is 252 g/mol. The maximum atomic E-state index is 12.4. The van der Waals surface area contributed by atoms with E-state index in [0.29, 0.717) is 6.04 Å². The fourth-order valence-electron chi connectivity index (χ4n) is 2.79. The molecule has 2 aliphatic rings. The average Bonchev–Trinajstić information content (AvgIpc) is 2.90. The third kappa shape index (κ3) is 3.84. The number of halogens is 1. The van der Waals surface area contributed by atoms with Crippen LogP contribution in [0.1, 0.15) is 39.0 Å². The molecule has 0 spiro atoms. The first-order chi connectivity index (χ1) is 8.33. The minimum atomic E-state index is -0.156. The van der Waals surface area contributed by atoms with E-state index in [1.54, 1.807) is 0 Å². The number of ether oxygens (including phenoxy) is 1. The second kappa shape index (κ2) is 7.97. The molecule has 1 N–H and O–H groups in total. The lowest BCUT2D eigenvalue weighted by molar-refractivity contribution is -0.144.